The molecule has 0 atom stereocenters. The van der Waals surface area contributed by atoms with Crippen molar-refractivity contribution in [2.75, 3.05) is 12.8 Å². The average molecular weight is 329 g/mol. The zero-order valence-corrected chi connectivity index (χ0v) is 12.8. The van der Waals surface area contributed by atoms with Crippen molar-refractivity contribution in [3.8, 4) is 0 Å². The zero-order valence-electron chi connectivity index (χ0n) is 10.4. The second kappa shape index (κ2) is 6.06. The van der Waals surface area contributed by atoms with E-state index in [4.69, 9.17) is 0 Å². The molecule has 0 radical (unpaired) electrons. The first-order valence-electron chi connectivity index (χ1n) is 6.10. The quantitative estimate of drug-likeness (QED) is 0.862. The van der Waals surface area contributed by atoms with Crippen molar-refractivity contribution in [1.82, 2.24) is 10.3 Å². The summed E-state index contributed by atoms with van der Waals surface area (Å²) in [4.78, 5) is 16.1. The molecule has 0 aromatic carbocycles. The number of carbonyl (C=O) groups is 1. The fourth-order valence-corrected chi connectivity index (χ4v) is 3.64. The number of nitrogens with one attached hydrogen (secondary N) is 1. The predicted molar refractivity (Wildman–Crippen MR) is 79.0 cm³/mol. The molecule has 1 heterocycles. The third kappa shape index (κ3) is 3.26. The van der Waals surface area contributed by atoms with Crippen LogP contribution in [0.5, 0.6) is 0 Å². The van der Waals surface area contributed by atoms with Crippen molar-refractivity contribution < 1.29 is 4.79 Å². The molecule has 3 nitrogen and oxygen atoms in total. The van der Waals surface area contributed by atoms with E-state index in [9.17, 15) is 4.79 Å². The lowest BCUT2D eigenvalue weighted by atomic mass is 10.1. The number of amides is 1. The van der Waals surface area contributed by atoms with Gasteiger partial charge in [-0.2, -0.15) is 11.8 Å². The second-order valence-electron chi connectivity index (χ2n) is 4.64. The van der Waals surface area contributed by atoms with Crippen LogP contribution in [0, 0.1) is 0 Å². The minimum atomic E-state index is -0.0153. The summed E-state index contributed by atoms with van der Waals surface area (Å²) in [5.41, 5.74) is 0.658. The summed E-state index contributed by atoms with van der Waals surface area (Å²) in [6.45, 7) is 0.757. The van der Waals surface area contributed by atoms with Crippen molar-refractivity contribution in [2.45, 2.75) is 30.4 Å². The third-order valence-corrected chi connectivity index (χ3v) is 5.36. The molecular formula is C13H17BrN2OS. The standard InChI is InChI=1S/C13H17BrN2OS/c1-18-13(5-2-3-6-13)9-16-12(17)10-4-7-15-11(14)8-10/h4,7-8H,2-3,5-6,9H2,1H3,(H,16,17). The SMILES string of the molecule is CSC1(CNC(=O)c2ccnc(Br)c2)CCCC1. The number of aromatic nitrogens is 1. The zero-order chi connectivity index (χ0) is 13.0. The van der Waals surface area contributed by atoms with E-state index in [1.807, 2.05) is 11.8 Å². The van der Waals surface area contributed by atoms with Gasteiger partial charge in [0.05, 0.1) is 0 Å². The predicted octanol–water partition coefficient (Wildman–Crippen LogP) is 3.25. The normalized spacial score (nSPS) is 17.7. The number of rotatable bonds is 4. The Morgan fingerprint density at radius 1 is 1.56 bits per heavy atom. The summed E-state index contributed by atoms with van der Waals surface area (Å²) < 4.78 is 0.940. The van der Waals surface area contributed by atoms with Crippen LogP contribution in [0.4, 0.5) is 0 Å². The highest BCUT2D eigenvalue weighted by Crippen LogP contribution is 2.39. The number of nitrogens with zero attached hydrogens (tertiary/aromatic N) is 1. The van der Waals surface area contributed by atoms with Crippen LogP contribution in [0.15, 0.2) is 22.9 Å². The maximum atomic E-state index is 12.0. The number of pyridine rings is 1. The van der Waals surface area contributed by atoms with E-state index in [2.05, 4.69) is 32.5 Å². The van der Waals surface area contributed by atoms with Crippen molar-refractivity contribution in [3.63, 3.8) is 0 Å². The average Bonchev–Trinajstić information content (AvgIpc) is 2.85. The molecule has 0 unspecified atom stereocenters. The lowest BCUT2D eigenvalue weighted by Crippen LogP contribution is -2.38. The molecular weight excluding hydrogens is 312 g/mol. The third-order valence-electron chi connectivity index (χ3n) is 3.51. The molecule has 1 amide bonds. The van der Waals surface area contributed by atoms with Gasteiger partial charge < -0.3 is 5.32 Å². The lowest BCUT2D eigenvalue weighted by Gasteiger charge is -2.26. The van der Waals surface area contributed by atoms with Gasteiger partial charge >= 0.3 is 0 Å². The Balaban J connectivity index is 1.96. The maximum Gasteiger partial charge on any atom is 0.251 e. The molecule has 18 heavy (non-hydrogen) atoms. The highest BCUT2D eigenvalue weighted by Gasteiger charge is 2.33. The van der Waals surface area contributed by atoms with Gasteiger partial charge in [0.1, 0.15) is 4.60 Å². The highest BCUT2D eigenvalue weighted by atomic mass is 79.9. The molecule has 1 N–H and O–H groups in total. The van der Waals surface area contributed by atoms with Gasteiger partial charge in [-0.15, -0.1) is 0 Å². The van der Waals surface area contributed by atoms with Crippen molar-refractivity contribution in [3.05, 3.63) is 28.5 Å². The Kier molecular flexibility index (Phi) is 4.67. The Bertz CT molecular complexity index is 433. The number of hydrogen-bond acceptors (Lipinski definition) is 3. The number of carbonyl (C=O) groups excluding carboxylic acids is 1. The molecule has 98 valence electrons. The molecule has 2 rings (SSSR count). The Morgan fingerprint density at radius 3 is 2.89 bits per heavy atom. The van der Waals surface area contributed by atoms with E-state index >= 15 is 0 Å². The van der Waals surface area contributed by atoms with E-state index in [0.717, 1.165) is 6.54 Å². The molecule has 1 fully saturated rings. The molecule has 0 aliphatic heterocycles. The fraction of sp³-hybridized carbons (Fsp3) is 0.538. The van der Waals surface area contributed by atoms with Crippen molar-refractivity contribution in [1.29, 1.82) is 0 Å². The molecule has 0 bridgehead atoms. The van der Waals surface area contributed by atoms with Crippen molar-refractivity contribution in [2.24, 2.45) is 0 Å². The van der Waals surface area contributed by atoms with Crippen LogP contribution in [0.3, 0.4) is 0 Å². The van der Waals surface area contributed by atoms with Crippen molar-refractivity contribution >= 4 is 33.6 Å². The van der Waals surface area contributed by atoms with Crippen LogP contribution < -0.4 is 5.32 Å². The van der Waals surface area contributed by atoms with Gasteiger partial charge in [-0.25, -0.2) is 4.98 Å². The van der Waals surface area contributed by atoms with E-state index in [0.29, 0.717) is 10.2 Å². The van der Waals surface area contributed by atoms with Crippen LogP contribution in [-0.2, 0) is 0 Å². The minimum Gasteiger partial charge on any atom is -0.351 e. The molecule has 1 saturated carbocycles. The van der Waals surface area contributed by atoms with Crippen LogP contribution in [0.25, 0.3) is 0 Å². The first-order valence-corrected chi connectivity index (χ1v) is 8.12. The highest BCUT2D eigenvalue weighted by molar-refractivity contribution is 9.10. The molecule has 0 saturated heterocycles. The smallest absolute Gasteiger partial charge is 0.251 e. The van der Waals surface area contributed by atoms with Crippen LogP contribution in [0.2, 0.25) is 0 Å². The monoisotopic (exact) mass is 328 g/mol. The van der Waals surface area contributed by atoms with Gasteiger partial charge in [0.25, 0.3) is 5.91 Å². The van der Waals surface area contributed by atoms with Gasteiger partial charge in [0.15, 0.2) is 0 Å². The molecule has 1 aliphatic carbocycles. The fourth-order valence-electron chi connectivity index (χ4n) is 2.36. The van der Waals surface area contributed by atoms with Gasteiger partial charge in [-0.1, -0.05) is 12.8 Å². The van der Waals surface area contributed by atoms with E-state index in [-0.39, 0.29) is 10.7 Å². The summed E-state index contributed by atoms with van der Waals surface area (Å²) in [6, 6.07) is 3.48. The Morgan fingerprint density at radius 2 is 2.28 bits per heavy atom. The minimum absolute atomic E-state index is 0.0153. The van der Waals surface area contributed by atoms with Gasteiger partial charge in [0.2, 0.25) is 0 Å². The number of halogens is 1. The second-order valence-corrected chi connectivity index (χ2v) is 6.73. The first-order chi connectivity index (χ1) is 8.65. The van der Waals surface area contributed by atoms with Gasteiger partial charge in [-0.3, -0.25) is 4.79 Å². The summed E-state index contributed by atoms with van der Waals surface area (Å²) in [7, 11) is 0. The van der Waals surface area contributed by atoms with Gasteiger partial charge in [0, 0.05) is 23.1 Å². The van der Waals surface area contributed by atoms with Crippen LogP contribution in [-0.4, -0.2) is 28.4 Å². The summed E-state index contributed by atoms with van der Waals surface area (Å²) in [6.07, 6.45) is 8.73. The van der Waals surface area contributed by atoms with E-state index < -0.39 is 0 Å². The maximum absolute atomic E-state index is 12.0. The molecule has 1 aromatic rings. The van der Waals surface area contributed by atoms with Gasteiger partial charge in [-0.05, 0) is 47.2 Å². The lowest BCUT2D eigenvalue weighted by molar-refractivity contribution is 0.0949. The molecule has 1 aromatic heterocycles. The first kappa shape index (κ1) is 13.9. The molecule has 0 spiro atoms. The van der Waals surface area contributed by atoms with E-state index in [1.165, 1.54) is 25.7 Å². The summed E-state index contributed by atoms with van der Waals surface area (Å²) >= 11 is 5.16. The van der Waals surface area contributed by atoms with E-state index in [1.54, 1.807) is 18.3 Å². The number of thioether (sulfide) groups is 1. The molecule has 5 heteroatoms. The summed E-state index contributed by atoms with van der Waals surface area (Å²) in [5.74, 6) is -0.0153. The Labute approximate surface area is 120 Å². The summed E-state index contributed by atoms with van der Waals surface area (Å²) in [5, 5.41) is 3.05. The van der Waals surface area contributed by atoms with Crippen LogP contribution >= 0.6 is 27.7 Å². The number of hydrogen-bond donors (Lipinski definition) is 1. The van der Waals surface area contributed by atoms with Crippen LogP contribution in [0.1, 0.15) is 36.0 Å². The topological polar surface area (TPSA) is 42.0 Å². The largest absolute Gasteiger partial charge is 0.351 e. The Hall–Kier alpha value is -0.550. The molecule has 1 aliphatic rings.